The third-order valence-electron chi connectivity index (χ3n) is 5.11. The minimum absolute atomic E-state index is 0.0418. The number of ether oxygens (including phenoxy) is 1. The van der Waals surface area contributed by atoms with Gasteiger partial charge in [0.25, 0.3) is 0 Å². The maximum absolute atomic E-state index is 11.4. The molecule has 0 aliphatic heterocycles. The number of hydrogen-bond acceptors (Lipinski definition) is 2. The Morgan fingerprint density at radius 3 is 2.77 bits per heavy atom. The van der Waals surface area contributed by atoms with Crippen LogP contribution < -0.4 is 0 Å². The first kappa shape index (κ1) is 17.1. The topological polar surface area (TPSA) is 26.3 Å². The summed E-state index contributed by atoms with van der Waals surface area (Å²) in [6.07, 6.45) is 14.1. The van der Waals surface area contributed by atoms with Gasteiger partial charge in [-0.15, -0.1) is 0 Å². The second-order valence-corrected chi connectivity index (χ2v) is 7.29. The Morgan fingerprint density at radius 2 is 2.18 bits per heavy atom. The lowest BCUT2D eigenvalue weighted by molar-refractivity contribution is -0.136. The lowest BCUT2D eigenvalue weighted by Gasteiger charge is -2.32. The summed E-state index contributed by atoms with van der Waals surface area (Å²) in [4.78, 5) is 11.4. The number of fused-ring (bicyclic) bond motifs is 1. The zero-order valence-electron chi connectivity index (χ0n) is 14.7. The van der Waals surface area contributed by atoms with E-state index in [0.29, 0.717) is 17.8 Å². The third kappa shape index (κ3) is 3.37. The van der Waals surface area contributed by atoms with Gasteiger partial charge in [-0.2, -0.15) is 0 Å². The minimum atomic E-state index is -0.227. The molecule has 2 rings (SSSR count). The first-order valence-corrected chi connectivity index (χ1v) is 8.69. The van der Waals surface area contributed by atoms with Gasteiger partial charge in [-0.1, -0.05) is 58.8 Å². The Morgan fingerprint density at radius 1 is 1.45 bits per heavy atom. The summed E-state index contributed by atoms with van der Waals surface area (Å²) in [6, 6.07) is 0. The van der Waals surface area contributed by atoms with Crippen molar-refractivity contribution in [2.24, 2.45) is 23.2 Å². The predicted molar refractivity (Wildman–Crippen MR) is 91.1 cm³/mol. The molecule has 0 amide bonds. The van der Waals surface area contributed by atoms with Crippen molar-refractivity contribution in [2.45, 2.75) is 60.3 Å². The van der Waals surface area contributed by atoms with Crippen molar-refractivity contribution in [1.82, 2.24) is 0 Å². The molecule has 2 nitrogen and oxygen atoms in total. The van der Waals surface area contributed by atoms with Crippen LogP contribution in [0.3, 0.4) is 0 Å². The van der Waals surface area contributed by atoms with E-state index in [2.05, 4.69) is 52.0 Å². The minimum Gasteiger partial charge on any atom is -0.427 e. The molecule has 0 bridgehead atoms. The lowest BCUT2D eigenvalue weighted by atomic mass is 9.71. The average molecular weight is 302 g/mol. The monoisotopic (exact) mass is 302 g/mol. The fourth-order valence-electron chi connectivity index (χ4n) is 3.89. The number of carbonyl (C=O) groups is 1. The van der Waals surface area contributed by atoms with E-state index in [9.17, 15) is 4.79 Å². The van der Waals surface area contributed by atoms with E-state index < -0.39 is 0 Å². The molecule has 0 unspecified atom stereocenters. The highest BCUT2D eigenvalue weighted by Gasteiger charge is 2.44. The maximum Gasteiger partial charge on any atom is 0.308 e. The highest BCUT2D eigenvalue weighted by atomic mass is 16.5. The molecule has 2 aliphatic carbocycles. The van der Waals surface area contributed by atoms with Gasteiger partial charge >= 0.3 is 5.97 Å². The van der Waals surface area contributed by atoms with E-state index in [4.69, 9.17) is 4.74 Å². The van der Waals surface area contributed by atoms with Gasteiger partial charge in [-0.05, 0) is 36.7 Å². The number of esters is 1. The summed E-state index contributed by atoms with van der Waals surface area (Å²) < 4.78 is 5.52. The van der Waals surface area contributed by atoms with Crippen molar-refractivity contribution in [3.63, 3.8) is 0 Å². The highest BCUT2D eigenvalue weighted by Crippen LogP contribution is 2.52. The van der Waals surface area contributed by atoms with Crippen LogP contribution >= 0.6 is 0 Å². The smallest absolute Gasteiger partial charge is 0.308 e. The molecule has 3 atom stereocenters. The van der Waals surface area contributed by atoms with Crippen molar-refractivity contribution in [3.05, 3.63) is 35.6 Å². The molecule has 0 aromatic rings. The van der Waals surface area contributed by atoms with Crippen LogP contribution in [0.1, 0.15) is 60.3 Å². The van der Waals surface area contributed by atoms with Crippen molar-refractivity contribution in [1.29, 1.82) is 0 Å². The lowest BCUT2D eigenvalue weighted by Crippen LogP contribution is -2.26. The number of unbranched alkanes of at least 4 members (excludes halogenated alkanes) is 1. The Hall–Kier alpha value is -1.31. The fourth-order valence-corrected chi connectivity index (χ4v) is 3.89. The van der Waals surface area contributed by atoms with Crippen molar-refractivity contribution >= 4 is 5.97 Å². The van der Waals surface area contributed by atoms with Gasteiger partial charge < -0.3 is 4.74 Å². The number of hydrogen-bond donors (Lipinski definition) is 0. The molecule has 0 N–H and O–H groups in total. The maximum atomic E-state index is 11.4. The summed E-state index contributed by atoms with van der Waals surface area (Å²) in [5.41, 5.74) is 1.16. The van der Waals surface area contributed by atoms with Crippen LogP contribution in [0.25, 0.3) is 0 Å². The van der Waals surface area contributed by atoms with Gasteiger partial charge in [0, 0.05) is 17.9 Å². The fraction of sp³-hybridized carbons (Fsp3) is 0.650. The molecule has 2 heteroatoms. The van der Waals surface area contributed by atoms with Gasteiger partial charge in [-0.3, -0.25) is 4.79 Å². The van der Waals surface area contributed by atoms with E-state index in [0.717, 1.165) is 12.2 Å². The van der Waals surface area contributed by atoms with Crippen LogP contribution in [-0.4, -0.2) is 5.97 Å². The van der Waals surface area contributed by atoms with Crippen molar-refractivity contribution < 1.29 is 9.53 Å². The second kappa shape index (κ2) is 6.85. The van der Waals surface area contributed by atoms with Crippen LogP contribution in [0.15, 0.2) is 35.6 Å². The Labute approximate surface area is 135 Å². The van der Waals surface area contributed by atoms with Gasteiger partial charge in [0.1, 0.15) is 5.76 Å². The standard InChI is InChI=1S/C20H30O2/c1-6-7-8-16-9-10-17-19(22-15(4)21)13-18(14(2)3)20(17,5)12-11-16/h10-14,16,18H,6-9H2,1-5H3/t16-,18-,20-/m0/s1. The van der Waals surface area contributed by atoms with Crippen LogP contribution in [0.2, 0.25) is 0 Å². The summed E-state index contributed by atoms with van der Waals surface area (Å²) in [6.45, 7) is 10.5. The zero-order chi connectivity index (χ0) is 16.3. The Bertz CT molecular complexity index is 510. The molecule has 0 aromatic carbocycles. The molecule has 0 heterocycles. The van der Waals surface area contributed by atoms with Crippen LogP contribution in [-0.2, 0) is 9.53 Å². The molecule has 122 valence electrons. The van der Waals surface area contributed by atoms with Crippen LogP contribution in [0, 0.1) is 23.2 Å². The Balaban J connectivity index is 2.32. The average Bonchev–Trinajstić information content (AvgIpc) is 2.60. The third-order valence-corrected chi connectivity index (χ3v) is 5.11. The molecule has 0 saturated carbocycles. The number of carbonyl (C=O) groups excluding carboxylic acids is 1. The largest absolute Gasteiger partial charge is 0.427 e. The SMILES string of the molecule is CCCC[C@@H]1C=C[C@@]2(C)C(=CC1)C(OC(C)=O)=C[C@H]2C(C)C. The summed E-state index contributed by atoms with van der Waals surface area (Å²) >= 11 is 0. The first-order chi connectivity index (χ1) is 10.4. The van der Waals surface area contributed by atoms with E-state index >= 15 is 0 Å². The molecule has 0 fully saturated rings. The molecular formula is C20H30O2. The number of allylic oxidation sites excluding steroid dienone is 5. The molecule has 0 saturated heterocycles. The van der Waals surface area contributed by atoms with Gasteiger partial charge in [0.05, 0.1) is 0 Å². The van der Waals surface area contributed by atoms with E-state index in [1.807, 2.05) is 0 Å². The quantitative estimate of drug-likeness (QED) is 0.501. The highest BCUT2D eigenvalue weighted by molar-refractivity contribution is 5.69. The van der Waals surface area contributed by atoms with E-state index in [-0.39, 0.29) is 11.4 Å². The van der Waals surface area contributed by atoms with Gasteiger partial charge in [-0.25, -0.2) is 0 Å². The molecule has 2 aliphatic rings. The zero-order valence-corrected chi connectivity index (χ0v) is 14.7. The normalized spacial score (nSPS) is 30.6. The van der Waals surface area contributed by atoms with E-state index in [1.54, 1.807) is 0 Å². The van der Waals surface area contributed by atoms with Crippen molar-refractivity contribution in [2.75, 3.05) is 0 Å². The molecule has 0 spiro atoms. The molecular weight excluding hydrogens is 272 g/mol. The molecule has 0 radical (unpaired) electrons. The molecule has 0 aromatic heterocycles. The Kier molecular flexibility index (Phi) is 5.31. The second-order valence-electron chi connectivity index (χ2n) is 7.29. The first-order valence-electron chi connectivity index (χ1n) is 8.69. The van der Waals surface area contributed by atoms with E-state index in [1.165, 1.54) is 31.8 Å². The van der Waals surface area contributed by atoms with Gasteiger partial charge in [0.15, 0.2) is 0 Å². The van der Waals surface area contributed by atoms with Gasteiger partial charge in [0.2, 0.25) is 0 Å². The number of rotatable bonds is 5. The summed E-state index contributed by atoms with van der Waals surface area (Å²) in [5, 5.41) is 0. The molecule has 22 heavy (non-hydrogen) atoms. The summed E-state index contributed by atoms with van der Waals surface area (Å²) in [5.74, 6) is 2.07. The van der Waals surface area contributed by atoms with Crippen molar-refractivity contribution in [3.8, 4) is 0 Å². The van der Waals surface area contributed by atoms with Crippen LogP contribution in [0.5, 0.6) is 0 Å². The summed E-state index contributed by atoms with van der Waals surface area (Å²) in [7, 11) is 0. The predicted octanol–water partition coefficient (Wildman–Crippen LogP) is 5.42. The van der Waals surface area contributed by atoms with Crippen LogP contribution in [0.4, 0.5) is 0 Å².